The number of hydrogen-bond donors (Lipinski definition) is 2. The second-order valence-corrected chi connectivity index (χ2v) is 8.25. The van der Waals surface area contributed by atoms with Gasteiger partial charge in [0, 0.05) is 4.88 Å². The number of carbonyl (C=O) groups is 1. The zero-order valence-corrected chi connectivity index (χ0v) is 15.1. The highest BCUT2D eigenvalue weighted by Crippen LogP contribution is 2.36. The quantitative estimate of drug-likeness (QED) is 0.544. The van der Waals surface area contributed by atoms with Gasteiger partial charge in [-0.1, -0.05) is 42.1 Å². The Morgan fingerprint density at radius 3 is 2.76 bits per heavy atom. The number of nitrogens with zero attached hydrogens (tertiary/aromatic N) is 1. The van der Waals surface area contributed by atoms with E-state index >= 15 is 0 Å². The molecule has 2 aromatic heterocycles. The largest absolute Gasteiger partial charge is 0.368 e. The van der Waals surface area contributed by atoms with Crippen LogP contribution < -0.4 is 11.3 Å². The maximum Gasteiger partial charge on any atom is 0.260 e. The Bertz CT molecular complexity index is 995. The SMILES string of the molecule is NC(=O)[C@H](Sc1nc2sc3c(c2c(=O)[nH]1)CCCC3)c1ccccc1. The monoisotopic (exact) mass is 371 g/mol. The number of primary amides is 1. The Labute approximate surface area is 152 Å². The zero-order valence-electron chi connectivity index (χ0n) is 13.5. The summed E-state index contributed by atoms with van der Waals surface area (Å²) in [4.78, 5) is 34.0. The molecular formula is C18H17N3O2S2. The molecule has 0 aliphatic heterocycles. The number of benzene rings is 1. The molecule has 1 amide bonds. The minimum atomic E-state index is -0.587. The normalized spacial score (nSPS) is 15.0. The van der Waals surface area contributed by atoms with Gasteiger partial charge in [-0.25, -0.2) is 4.98 Å². The number of carbonyl (C=O) groups excluding carboxylic acids is 1. The fourth-order valence-corrected chi connectivity index (χ4v) is 5.48. The number of thiophene rings is 1. The predicted octanol–water partition coefficient (Wildman–Crippen LogP) is 3.18. The van der Waals surface area contributed by atoms with Crippen LogP contribution in [0.15, 0.2) is 40.3 Å². The van der Waals surface area contributed by atoms with E-state index in [0.29, 0.717) is 5.16 Å². The number of rotatable bonds is 4. The molecule has 1 aliphatic rings. The molecule has 1 aromatic carbocycles. The lowest BCUT2D eigenvalue weighted by Gasteiger charge is -2.12. The van der Waals surface area contributed by atoms with Crippen LogP contribution in [0.4, 0.5) is 0 Å². The summed E-state index contributed by atoms with van der Waals surface area (Å²) in [5, 5.41) is 0.569. The lowest BCUT2D eigenvalue weighted by atomic mass is 9.97. The molecule has 5 nitrogen and oxygen atoms in total. The molecule has 0 saturated carbocycles. The molecule has 3 aromatic rings. The third-order valence-corrected chi connectivity index (χ3v) is 6.74. The highest BCUT2D eigenvalue weighted by Gasteiger charge is 2.23. The topological polar surface area (TPSA) is 88.8 Å². The van der Waals surface area contributed by atoms with Crippen LogP contribution in [0.2, 0.25) is 0 Å². The van der Waals surface area contributed by atoms with E-state index in [-0.39, 0.29) is 5.56 Å². The molecule has 7 heteroatoms. The Morgan fingerprint density at radius 1 is 1.24 bits per heavy atom. The minimum absolute atomic E-state index is 0.122. The molecule has 0 radical (unpaired) electrons. The fourth-order valence-electron chi connectivity index (χ4n) is 3.23. The van der Waals surface area contributed by atoms with Crippen LogP contribution >= 0.6 is 23.1 Å². The highest BCUT2D eigenvalue weighted by atomic mass is 32.2. The Kier molecular flexibility index (Phi) is 4.35. The summed E-state index contributed by atoms with van der Waals surface area (Å²) < 4.78 is 0. The second kappa shape index (κ2) is 6.65. The summed E-state index contributed by atoms with van der Waals surface area (Å²) in [6, 6.07) is 9.30. The lowest BCUT2D eigenvalue weighted by Crippen LogP contribution is -2.20. The summed E-state index contributed by atoms with van der Waals surface area (Å²) in [6.07, 6.45) is 4.25. The van der Waals surface area contributed by atoms with Crippen LogP contribution in [0.1, 0.15) is 34.1 Å². The van der Waals surface area contributed by atoms with Crippen molar-refractivity contribution >= 4 is 39.2 Å². The van der Waals surface area contributed by atoms with Gasteiger partial charge in [0.05, 0.1) is 5.39 Å². The van der Waals surface area contributed by atoms with E-state index in [1.165, 1.54) is 16.6 Å². The van der Waals surface area contributed by atoms with E-state index in [0.717, 1.165) is 47.0 Å². The maximum absolute atomic E-state index is 12.6. The number of H-pyrrole nitrogens is 1. The molecule has 0 saturated heterocycles. The van der Waals surface area contributed by atoms with Gasteiger partial charge in [0.25, 0.3) is 5.56 Å². The molecule has 3 N–H and O–H groups in total. The molecule has 25 heavy (non-hydrogen) atoms. The van der Waals surface area contributed by atoms with E-state index in [9.17, 15) is 9.59 Å². The molecule has 4 rings (SSSR count). The lowest BCUT2D eigenvalue weighted by molar-refractivity contribution is -0.117. The van der Waals surface area contributed by atoms with Crippen LogP contribution in [0.5, 0.6) is 0 Å². The van der Waals surface area contributed by atoms with Crippen LogP contribution in [-0.2, 0) is 17.6 Å². The molecule has 128 valence electrons. The van der Waals surface area contributed by atoms with Gasteiger partial charge in [-0.3, -0.25) is 9.59 Å². The Morgan fingerprint density at radius 2 is 2.00 bits per heavy atom. The van der Waals surface area contributed by atoms with Crippen molar-refractivity contribution in [3.8, 4) is 0 Å². The molecule has 0 bridgehead atoms. The second-order valence-electron chi connectivity index (χ2n) is 6.07. The molecule has 0 unspecified atom stereocenters. The van der Waals surface area contributed by atoms with Crippen LogP contribution in [0, 0.1) is 0 Å². The first-order valence-electron chi connectivity index (χ1n) is 8.19. The molecule has 0 fully saturated rings. The number of aromatic amines is 1. The standard InChI is InChI=1S/C18H17N3O2S2/c19-15(22)14(10-6-2-1-3-7-10)25-18-20-16(23)13-11-8-4-5-9-12(11)24-17(13)21-18/h1-3,6-7,14H,4-5,8-9H2,(H2,19,22)(H,20,21,23)/t14-/m1/s1. The van der Waals surface area contributed by atoms with Gasteiger partial charge in [-0.15, -0.1) is 11.3 Å². The molecule has 1 aliphatic carbocycles. The average molecular weight is 371 g/mol. The first-order chi connectivity index (χ1) is 12.1. The Hall–Kier alpha value is -2.12. The van der Waals surface area contributed by atoms with E-state index in [2.05, 4.69) is 9.97 Å². The van der Waals surface area contributed by atoms with Crippen molar-refractivity contribution in [1.82, 2.24) is 9.97 Å². The van der Waals surface area contributed by atoms with E-state index < -0.39 is 11.2 Å². The van der Waals surface area contributed by atoms with Crippen molar-refractivity contribution in [2.45, 2.75) is 36.1 Å². The summed E-state index contributed by atoms with van der Waals surface area (Å²) in [5.74, 6) is -0.454. The number of hydrogen-bond acceptors (Lipinski definition) is 5. The van der Waals surface area contributed by atoms with E-state index in [4.69, 9.17) is 5.73 Å². The molecular weight excluding hydrogens is 354 g/mol. The van der Waals surface area contributed by atoms with Crippen molar-refractivity contribution < 1.29 is 4.79 Å². The van der Waals surface area contributed by atoms with Crippen molar-refractivity contribution in [2.24, 2.45) is 5.73 Å². The van der Waals surface area contributed by atoms with Crippen molar-refractivity contribution in [1.29, 1.82) is 0 Å². The minimum Gasteiger partial charge on any atom is -0.368 e. The number of aromatic nitrogens is 2. The van der Waals surface area contributed by atoms with Gasteiger partial charge in [-0.2, -0.15) is 0 Å². The van der Waals surface area contributed by atoms with Crippen molar-refractivity contribution in [3.05, 3.63) is 56.7 Å². The zero-order chi connectivity index (χ0) is 17.4. The van der Waals surface area contributed by atoms with Gasteiger partial charge in [0.15, 0.2) is 5.16 Å². The maximum atomic E-state index is 12.6. The number of fused-ring (bicyclic) bond motifs is 3. The van der Waals surface area contributed by atoms with Crippen LogP contribution in [-0.4, -0.2) is 15.9 Å². The van der Waals surface area contributed by atoms with Crippen LogP contribution in [0.3, 0.4) is 0 Å². The number of amides is 1. The fraction of sp³-hybridized carbons (Fsp3) is 0.278. The Balaban J connectivity index is 1.74. The number of aryl methyl sites for hydroxylation is 2. The van der Waals surface area contributed by atoms with Gasteiger partial charge >= 0.3 is 0 Å². The van der Waals surface area contributed by atoms with Crippen molar-refractivity contribution in [2.75, 3.05) is 0 Å². The number of nitrogens with one attached hydrogen (secondary N) is 1. The number of nitrogens with two attached hydrogens (primary N) is 1. The molecule has 0 spiro atoms. The smallest absolute Gasteiger partial charge is 0.260 e. The van der Waals surface area contributed by atoms with Crippen molar-refractivity contribution in [3.63, 3.8) is 0 Å². The first-order valence-corrected chi connectivity index (χ1v) is 9.88. The molecule has 1 atom stereocenters. The highest BCUT2D eigenvalue weighted by molar-refractivity contribution is 8.00. The summed E-state index contributed by atoms with van der Waals surface area (Å²) in [5.41, 5.74) is 7.41. The van der Waals surface area contributed by atoms with Gasteiger partial charge in [-0.05, 0) is 36.8 Å². The average Bonchev–Trinajstić information content (AvgIpc) is 2.99. The van der Waals surface area contributed by atoms with Gasteiger partial charge in [0.1, 0.15) is 10.1 Å². The van der Waals surface area contributed by atoms with Gasteiger partial charge < -0.3 is 10.7 Å². The van der Waals surface area contributed by atoms with E-state index in [1.54, 1.807) is 11.3 Å². The summed E-state index contributed by atoms with van der Waals surface area (Å²) in [7, 11) is 0. The third-order valence-electron chi connectivity index (χ3n) is 4.39. The third kappa shape index (κ3) is 3.09. The van der Waals surface area contributed by atoms with E-state index in [1.807, 2.05) is 30.3 Å². The summed E-state index contributed by atoms with van der Waals surface area (Å²) in [6.45, 7) is 0. The molecule has 2 heterocycles. The number of thioether (sulfide) groups is 1. The van der Waals surface area contributed by atoms with Crippen LogP contribution in [0.25, 0.3) is 10.2 Å². The predicted molar refractivity (Wildman–Crippen MR) is 101 cm³/mol. The summed E-state index contributed by atoms with van der Waals surface area (Å²) >= 11 is 2.79. The first kappa shape index (κ1) is 16.4. The van der Waals surface area contributed by atoms with Gasteiger partial charge in [0.2, 0.25) is 5.91 Å².